The van der Waals surface area contributed by atoms with Crippen LogP contribution in [0, 0.1) is 0 Å². The molecule has 0 bridgehead atoms. The SMILES string of the molecule is CC(C)(C)c1cc(-c2ccc3c(c2)Oc2cc(-c4cc(C(C)(C)C)cc(C(C)(C)C)c4)cc4c2B3c2cc3c(cc2N4c2cc(C(C)(C)C)cc(C(C)(C)C)c2)N(c2c(-c4ccccc4)cccc2-c2ccccc2)c2cc(-c4cc(C(C)(C)C)cc(C(C)(C)C)c4)cc4c2B3c2ccc(-c3cc(C(C)(C)C)cc(C(C)(C)C)c3)cc2N4c2cccc(-c3ccccc3)c2)cc(C(C)(C)C)c1. The van der Waals surface area contributed by atoms with Gasteiger partial charge in [-0.25, -0.2) is 0 Å². The zero-order valence-corrected chi connectivity index (χ0v) is 86.7. The van der Waals surface area contributed by atoms with Crippen molar-refractivity contribution in [1.29, 1.82) is 0 Å². The van der Waals surface area contributed by atoms with E-state index in [0.29, 0.717) is 0 Å². The number of rotatable bonds is 10. The van der Waals surface area contributed by atoms with Gasteiger partial charge in [0.15, 0.2) is 0 Å². The topological polar surface area (TPSA) is 19.0 Å². The molecule has 0 spiro atoms. The van der Waals surface area contributed by atoms with Gasteiger partial charge in [-0.2, -0.15) is 0 Å². The normalized spacial score (nSPS) is 13.9. The molecule has 4 aliphatic rings. The van der Waals surface area contributed by atoms with Gasteiger partial charge in [-0.1, -0.05) is 438 Å². The van der Waals surface area contributed by atoms with Crippen molar-refractivity contribution in [3.05, 3.63) is 353 Å². The predicted octanol–water partition coefficient (Wildman–Crippen LogP) is 32.8. The summed E-state index contributed by atoms with van der Waals surface area (Å²) in [5, 5.41) is 0. The fraction of sp³-hybridized carbons (Fsp3) is 0.308. The molecule has 0 fully saturated rings. The Balaban J connectivity index is 1.02. The first-order valence-electron chi connectivity index (χ1n) is 49.8. The lowest BCUT2D eigenvalue weighted by Crippen LogP contribution is -2.64. The molecule has 686 valence electrons. The molecule has 4 heterocycles. The van der Waals surface area contributed by atoms with E-state index in [2.05, 4.69) is 520 Å². The number of benzene rings is 15. The maximum absolute atomic E-state index is 8.10. The highest BCUT2D eigenvalue weighted by Gasteiger charge is 2.50. The van der Waals surface area contributed by atoms with E-state index >= 15 is 0 Å². The van der Waals surface area contributed by atoms with Crippen LogP contribution in [0.4, 0.5) is 51.2 Å². The van der Waals surface area contributed by atoms with Gasteiger partial charge in [0.25, 0.3) is 13.4 Å². The van der Waals surface area contributed by atoms with E-state index in [0.717, 1.165) is 124 Å². The third kappa shape index (κ3) is 17.1. The van der Waals surface area contributed by atoms with E-state index in [-0.39, 0.29) is 67.6 Å². The second-order valence-electron chi connectivity index (χ2n) is 50.1. The number of anilines is 9. The van der Waals surface area contributed by atoms with Gasteiger partial charge in [0.2, 0.25) is 0 Å². The van der Waals surface area contributed by atoms with Crippen LogP contribution in [0.2, 0.25) is 0 Å². The van der Waals surface area contributed by atoms with Crippen molar-refractivity contribution in [2.45, 2.75) is 262 Å². The molecule has 136 heavy (non-hydrogen) atoms. The molecule has 0 saturated carbocycles. The van der Waals surface area contributed by atoms with Crippen LogP contribution in [0.25, 0.3) is 77.9 Å². The van der Waals surface area contributed by atoms with Crippen LogP contribution in [0.5, 0.6) is 11.5 Å². The summed E-state index contributed by atoms with van der Waals surface area (Å²) in [4.78, 5) is 8.20. The minimum absolute atomic E-state index is 0.109. The molecule has 0 saturated heterocycles. The summed E-state index contributed by atoms with van der Waals surface area (Å²) in [6, 6.07) is 118. The molecule has 0 atom stereocenters. The summed E-state index contributed by atoms with van der Waals surface area (Å²) >= 11 is 0. The van der Waals surface area contributed by atoms with E-state index in [1.807, 2.05) is 0 Å². The second-order valence-corrected chi connectivity index (χ2v) is 50.1. The van der Waals surface area contributed by atoms with Crippen LogP contribution in [0.15, 0.2) is 297 Å². The van der Waals surface area contributed by atoms with Gasteiger partial charge in [0.1, 0.15) is 11.5 Å². The summed E-state index contributed by atoms with van der Waals surface area (Å²) in [6.45, 7) is 70.5. The molecule has 4 aliphatic heterocycles. The molecule has 6 heteroatoms. The second kappa shape index (κ2) is 32.7. The summed E-state index contributed by atoms with van der Waals surface area (Å²) in [7, 11) is 0. The Morgan fingerprint density at radius 2 is 0.463 bits per heavy atom. The van der Waals surface area contributed by atoms with E-state index in [1.54, 1.807) is 0 Å². The maximum atomic E-state index is 8.10. The monoisotopic (exact) mass is 1780 g/mol. The van der Waals surface area contributed by atoms with Crippen molar-refractivity contribution in [2.24, 2.45) is 0 Å². The van der Waals surface area contributed by atoms with Crippen molar-refractivity contribution < 1.29 is 4.74 Å². The Morgan fingerprint density at radius 3 is 0.875 bits per heavy atom. The molecule has 4 nitrogen and oxygen atoms in total. The average molecular weight is 1780 g/mol. The van der Waals surface area contributed by atoms with Gasteiger partial charge < -0.3 is 19.4 Å². The fourth-order valence-electron chi connectivity index (χ4n) is 20.9. The molecular weight excluding hydrogens is 1640 g/mol. The van der Waals surface area contributed by atoms with Crippen LogP contribution in [0.1, 0.15) is 263 Å². The van der Waals surface area contributed by atoms with Crippen molar-refractivity contribution in [3.63, 3.8) is 0 Å². The highest BCUT2D eigenvalue weighted by Crippen LogP contribution is 2.56. The maximum Gasteiger partial charge on any atom is 0.256 e. The first kappa shape index (κ1) is 92.7. The lowest BCUT2D eigenvalue weighted by molar-refractivity contribution is 0.488. The fourth-order valence-corrected chi connectivity index (χ4v) is 20.9. The molecule has 15 aromatic carbocycles. The number of fused-ring (bicyclic) bond motifs is 8. The first-order chi connectivity index (χ1) is 63.7. The summed E-state index contributed by atoms with van der Waals surface area (Å²) in [6.07, 6.45) is 0. The quantitative estimate of drug-likeness (QED) is 0.127. The zero-order chi connectivity index (χ0) is 96.9. The Kier molecular flexibility index (Phi) is 22.3. The largest absolute Gasteiger partial charge is 0.458 e. The van der Waals surface area contributed by atoms with Crippen LogP contribution in [-0.2, 0) is 54.1 Å². The molecule has 15 aromatic rings. The van der Waals surface area contributed by atoms with Gasteiger partial charge in [-0.3, -0.25) is 0 Å². The lowest BCUT2D eigenvalue weighted by atomic mass is 9.30. The standard InChI is InChI=1S/C130H139B2N3O/c1-121(2,3)92-56-86(57-93(71-92)122(4,5)6)84-52-54-106-110(65-84)133(102-49-40-48-83(64-102)80-42-34-31-35-43-80)113-66-90(88-60-96(125(13,14)15)73-97(61-88)126(16,17)18)67-114-118(113)131(106)109-78-108-111(79-112(109)135(114)120-104(81-44-36-32-37-45-81)50-41-51-105(120)82-46-38-33-39-47-82)134(103-76-100(129(25,26)27)75-101(77-103)130(28,29)30)115-68-91(89-62-98(127(19,20)21)74-99(63-89)128(22,23)24)70-117-119(115)132(108)107-55-53-85(69-116(107)136-117)87-58-94(123(7,8)9)72-95(59-87)124(10,11)12/h31-79H,1-30H3. The van der Waals surface area contributed by atoms with Gasteiger partial charge in [-0.15, -0.1) is 0 Å². The van der Waals surface area contributed by atoms with Crippen molar-refractivity contribution in [3.8, 4) is 89.4 Å². The zero-order valence-electron chi connectivity index (χ0n) is 86.7. The van der Waals surface area contributed by atoms with Crippen molar-refractivity contribution in [1.82, 2.24) is 0 Å². The molecule has 0 unspecified atom stereocenters. The summed E-state index contributed by atoms with van der Waals surface area (Å²) < 4.78 is 8.10. The Bertz CT molecular complexity index is 7060. The van der Waals surface area contributed by atoms with E-state index in [1.165, 1.54) is 105 Å². The molecule has 19 rings (SSSR count). The van der Waals surface area contributed by atoms with Crippen LogP contribution < -0.4 is 52.2 Å². The van der Waals surface area contributed by atoms with Gasteiger partial charge in [0, 0.05) is 56.6 Å². The van der Waals surface area contributed by atoms with E-state index in [9.17, 15) is 0 Å². The average Bonchev–Trinajstić information content (AvgIpc) is 0.678. The number of ether oxygens (including phenoxy) is 1. The summed E-state index contributed by atoms with van der Waals surface area (Å²) in [5.41, 5.74) is 44.6. The summed E-state index contributed by atoms with van der Waals surface area (Å²) in [5.74, 6) is 1.73. The van der Waals surface area contributed by atoms with Crippen molar-refractivity contribution in [2.75, 3.05) is 14.7 Å². The molecule has 0 aromatic heterocycles. The highest BCUT2D eigenvalue weighted by molar-refractivity contribution is 7.02. The molecule has 0 N–H and O–H groups in total. The number of para-hydroxylation sites is 1. The minimum Gasteiger partial charge on any atom is -0.458 e. The molecule has 0 radical (unpaired) electrons. The van der Waals surface area contributed by atoms with Crippen molar-refractivity contribution >= 4 is 97.4 Å². The third-order valence-electron chi connectivity index (χ3n) is 29.5. The first-order valence-corrected chi connectivity index (χ1v) is 49.8. The molecule has 0 aliphatic carbocycles. The van der Waals surface area contributed by atoms with Gasteiger partial charge >= 0.3 is 0 Å². The predicted molar refractivity (Wildman–Crippen MR) is 591 cm³/mol. The smallest absolute Gasteiger partial charge is 0.256 e. The molecule has 0 amide bonds. The van der Waals surface area contributed by atoms with Crippen LogP contribution in [-0.4, -0.2) is 13.4 Å². The Labute approximate surface area is 815 Å². The molecular formula is C130H139B2N3O. The van der Waals surface area contributed by atoms with Gasteiger partial charge in [-0.05, 0) is 276 Å². The van der Waals surface area contributed by atoms with E-state index < -0.39 is 0 Å². The van der Waals surface area contributed by atoms with Crippen LogP contribution in [0.3, 0.4) is 0 Å². The Morgan fingerprint density at radius 1 is 0.176 bits per heavy atom. The highest BCUT2D eigenvalue weighted by atomic mass is 16.5. The minimum atomic E-state index is -0.358. The Hall–Kier alpha value is -12.4. The van der Waals surface area contributed by atoms with Gasteiger partial charge in [0.05, 0.1) is 5.69 Å². The number of hydrogen-bond donors (Lipinski definition) is 0. The van der Waals surface area contributed by atoms with E-state index in [4.69, 9.17) is 4.74 Å². The lowest BCUT2D eigenvalue weighted by Gasteiger charge is -2.47. The number of nitrogens with zero attached hydrogens (tertiary/aromatic N) is 3. The van der Waals surface area contributed by atoms with Crippen LogP contribution >= 0.6 is 0 Å². The number of hydrogen-bond acceptors (Lipinski definition) is 4. The third-order valence-corrected chi connectivity index (χ3v) is 29.5.